The maximum Gasteiger partial charge on any atom is 0.315 e. The highest BCUT2D eigenvalue weighted by molar-refractivity contribution is 9.10. The van der Waals surface area contributed by atoms with Crippen LogP contribution < -0.4 is 10.6 Å². The van der Waals surface area contributed by atoms with Gasteiger partial charge in [0.15, 0.2) is 0 Å². The van der Waals surface area contributed by atoms with E-state index in [1.165, 1.54) is 0 Å². The second-order valence-electron chi connectivity index (χ2n) is 3.24. The summed E-state index contributed by atoms with van der Waals surface area (Å²) in [5.41, 5.74) is 1.09. The van der Waals surface area contributed by atoms with Crippen LogP contribution in [0.3, 0.4) is 0 Å². The summed E-state index contributed by atoms with van der Waals surface area (Å²) in [6, 6.07) is 7.76. The minimum atomic E-state index is -0.111. The summed E-state index contributed by atoms with van der Waals surface area (Å²) in [7, 11) is 0. The summed E-state index contributed by atoms with van der Waals surface area (Å²) >= 11 is 3.36. The Morgan fingerprint density at radius 1 is 1.27 bits per heavy atom. The van der Waals surface area contributed by atoms with Gasteiger partial charge in [0.05, 0.1) is 0 Å². The molecule has 1 aromatic rings. The number of carbonyl (C=O) groups is 1. The average molecular weight is 271 g/mol. The van der Waals surface area contributed by atoms with Gasteiger partial charge in [-0.15, -0.1) is 0 Å². The SMILES string of the molecule is CCCNC(=O)NCc1ccc(Br)cc1. The number of halogens is 1. The Labute approximate surface area is 98.4 Å². The fraction of sp³-hybridized carbons (Fsp3) is 0.364. The van der Waals surface area contributed by atoms with Gasteiger partial charge in [-0.1, -0.05) is 35.0 Å². The van der Waals surface area contributed by atoms with Crippen LogP contribution in [-0.4, -0.2) is 12.6 Å². The van der Waals surface area contributed by atoms with Gasteiger partial charge >= 0.3 is 6.03 Å². The van der Waals surface area contributed by atoms with E-state index >= 15 is 0 Å². The van der Waals surface area contributed by atoms with E-state index < -0.39 is 0 Å². The fourth-order valence-corrected chi connectivity index (χ4v) is 1.35. The normalized spacial score (nSPS) is 9.73. The van der Waals surface area contributed by atoms with Gasteiger partial charge in [0.1, 0.15) is 0 Å². The molecule has 0 aliphatic rings. The first-order valence-electron chi connectivity index (χ1n) is 4.98. The molecule has 0 fully saturated rings. The lowest BCUT2D eigenvalue weighted by molar-refractivity contribution is 0.240. The summed E-state index contributed by atoms with van der Waals surface area (Å²) in [5.74, 6) is 0. The van der Waals surface area contributed by atoms with Crippen molar-refractivity contribution in [1.82, 2.24) is 10.6 Å². The van der Waals surface area contributed by atoms with Crippen molar-refractivity contribution in [2.75, 3.05) is 6.54 Å². The molecule has 0 unspecified atom stereocenters. The monoisotopic (exact) mass is 270 g/mol. The number of carbonyl (C=O) groups excluding carboxylic acids is 1. The third-order valence-corrected chi connectivity index (χ3v) is 2.43. The van der Waals surface area contributed by atoms with Crippen molar-refractivity contribution in [2.24, 2.45) is 0 Å². The van der Waals surface area contributed by atoms with E-state index in [0.717, 1.165) is 16.5 Å². The Bertz CT molecular complexity index is 311. The van der Waals surface area contributed by atoms with Crippen molar-refractivity contribution in [3.63, 3.8) is 0 Å². The van der Waals surface area contributed by atoms with Gasteiger partial charge in [-0.3, -0.25) is 0 Å². The third-order valence-electron chi connectivity index (χ3n) is 1.90. The second kappa shape index (κ2) is 6.45. The van der Waals surface area contributed by atoms with Crippen molar-refractivity contribution < 1.29 is 4.79 Å². The van der Waals surface area contributed by atoms with Gasteiger partial charge in [-0.05, 0) is 24.1 Å². The molecule has 0 bridgehead atoms. The highest BCUT2D eigenvalue weighted by atomic mass is 79.9. The van der Waals surface area contributed by atoms with E-state index in [-0.39, 0.29) is 6.03 Å². The van der Waals surface area contributed by atoms with E-state index in [1.54, 1.807) is 0 Å². The number of nitrogens with one attached hydrogen (secondary N) is 2. The molecule has 0 aliphatic heterocycles. The summed E-state index contributed by atoms with van der Waals surface area (Å²) in [4.78, 5) is 11.2. The molecule has 0 radical (unpaired) electrons. The maximum atomic E-state index is 11.2. The lowest BCUT2D eigenvalue weighted by Crippen LogP contribution is -2.35. The van der Waals surface area contributed by atoms with Gasteiger partial charge in [-0.2, -0.15) is 0 Å². The minimum Gasteiger partial charge on any atom is -0.338 e. The molecule has 2 amide bonds. The molecule has 0 aromatic heterocycles. The van der Waals surface area contributed by atoms with Crippen LogP contribution in [0.2, 0.25) is 0 Å². The number of amides is 2. The van der Waals surface area contributed by atoms with Gasteiger partial charge < -0.3 is 10.6 Å². The zero-order valence-electron chi connectivity index (χ0n) is 8.72. The molecule has 0 saturated heterocycles. The number of benzene rings is 1. The molecule has 15 heavy (non-hydrogen) atoms. The molecule has 0 saturated carbocycles. The summed E-state index contributed by atoms with van der Waals surface area (Å²) < 4.78 is 1.04. The fourth-order valence-electron chi connectivity index (χ4n) is 1.09. The van der Waals surface area contributed by atoms with Crippen LogP contribution in [0.1, 0.15) is 18.9 Å². The molecule has 0 heterocycles. The average Bonchev–Trinajstić information content (AvgIpc) is 2.25. The van der Waals surface area contributed by atoms with Crippen LogP contribution in [0.5, 0.6) is 0 Å². The van der Waals surface area contributed by atoms with Gasteiger partial charge in [-0.25, -0.2) is 4.79 Å². The highest BCUT2D eigenvalue weighted by Crippen LogP contribution is 2.09. The first-order valence-corrected chi connectivity index (χ1v) is 5.78. The van der Waals surface area contributed by atoms with E-state index in [2.05, 4.69) is 26.6 Å². The zero-order valence-corrected chi connectivity index (χ0v) is 10.3. The van der Waals surface area contributed by atoms with Gasteiger partial charge in [0, 0.05) is 17.6 Å². The molecular weight excluding hydrogens is 256 g/mol. The Morgan fingerprint density at radius 3 is 2.53 bits per heavy atom. The largest absolute Gasteiger partial charge is 0.338 e. The van der Waals surface area contributed by atoms with Gasteiger partial charge in [0.25, 0.3) is 0 Å². The molecule has 3 nitrogen and oxygen atoms in total. The topological polar surface area (TPSA) is 41.1 Å². The number of rotatable bonds is 4. The van der Waals surface area contributed by atoms with Crippen LogP contribution in [0, 0.1) is 0 Å². The van der Waals surface area contributed by atoms with Crippen LogP contribution in [0.4, 0.5) is 4.79 Å². The van der Waals surface area contributed by atoms with Crippen molar-refractivity contribution in [3.8, 4) is 0 Å². The molecule has 1 rings (SSSR count). The quantitative estimate of drug-likeness (QED) is 0.868. The standard InChI is InChI=1S/C11H15BrN2O/c1-2-7-13-11(15)14-8-9-3-5-10(12)6-4-9/h3-6H,2,7-8H2,1H3,(H2,13,14,15). The number of hydrogen-bond acceptors (Lipinski definition) is 1. The van der Waals surface area contributed by atoms with E-state index in [9.17, 15) is 4.79 Å². The molecular formula is C11H15BrN2O. The summed E-state index contributed by atoms with van der Waals surface area (Å²) in [5, 5.41) is 5.54. The number of urea groups is 1. The van der Waals surface area contributed by atoms with E-state index in [4.69, 9.17) is 0 Å². The minimum absolute atomic E-state index is 0.111. The molecule has 1 aromatic carbocycles. The molecule has 82 valence electrons. The van der Waals surface area contributed by atoms with Crippen LogP contribution in [0.15, 0.2) is 28.7 Å². The molecule has 0 atom stereocenters. The summed E-state index contributed by atoms with van der Waals surface area (Å²) in [6.07, 6.45) is 0.950. The molecule has 0 aliphatic carbocycles. The van der Waals surface area contributed by atoms with Crippen LogP contribution in [-0.2, 0) is 6.54 Å². The third kappa shape index (κ3) is 4.83. The van der Waals surface area contributed by atoms with E-state index in [1.807, 2.05) is 31.2 Å². The highest BCUT2D eigenvalue weighted by Gasteiger charge is 1.98. The number of hydrogen-bond donors (Lipinski definition) is 2. The maximum absolute atomic E-state index is 11.2. The zero-order chi connectivity index (χ0) is 11.1. The second-order valence-corrected chi connectivity index (χ2v) is 4.15. The molecule has 4 heteroatoms. The predicted molar refractivity (Wildman–Crippen MR) is 64.7 cm³/mol. The predicted octanol–water partition coefficient (Wildman–Crippen LogP) is 2.66. The van der Waals surface area contributed by atoms with Gasteiger partial charge in [0.2, 0.25) is 0 Å². The Morgan fingerprint density at radius 2 is 1.93 bits per heavy atom. The molecule has 2 N–H and O–H groups in total. The van der Waals surface area contributed by atoms with Crippen molar-refractivity contribution in [2.45, 2.75) is 19.9 Å². The van der Waals surface area contributed by atoms with Crippen LogP contribution in [0.25, 0.3) is 0 Å². The first kappa shape index (κ1) is 12.0. The van der Waals surface area contributed by atoms with Crippen LogP contribution >= 0.6 is 15.9 Å². The summed E-state index contributed by atoms with van der Waals surface area (Å²) in [6.45, 7) is 3.30. The van der Waals surface area contributed by atoms with Crippen molar-refractivity contribution >= 4 is 22.0 Å². The Kier molecular flexibility index (Phi) is 5.18. The molecule has 0 spiro atoms. The Balaban J connectivity index is 2.30. The smallest absolute Gasteiger partial charge is 0.315 e. The first-order chi connectivity index (χ1) is 7.22. The Hall–Kier alpha value is -1.03. The van der Waals surface area contributed by atoms with Crippen molar-refractivity contribution in [3.05, 3.63) is 34.3 Å². The lowest BCUT2D eigenvalue weighted by atomic mass is 10.2. The van der Waals surface area contributed by atoms with E-state index in [0.29, 0.717) is 13.1 Å². The lowest BCUT2D eigenvalue weighted by Gasteiger charge is -2.06. The van der Waals surface area contributed by atoms with Crippen molar-refractivity contribution in [1.29, 1.82) is 0 Å².